The number of ether oxygens (including phenoxy) is 1. The van der Waals surface area contributed by atoms with E-state index in [-0.39, 0.29) is 35.9 Å². The number of fused-ring (bicyclic) bond motifs is 1. The normalized spacial score (nSPS) is 18.2. The Morgan fingerprint density at radius 1 is 1.05 bits per heavy atom. The standard InChI is InChI=1S/C29H30F4N2O2/c1-18-23(28(36)34-21-8-3-2-4-9-21)16-26(24-15-20(29(31,32)33)12-14-25(24)30)35(18)17-22-13-11-19-7-5-6-10-27(19)37-22/h5-7,10,12,14-16,21-22H,2-4,8-9,11,13,17H2,1H3,(H,34,36). The van der Waals surface area contributed by atoms with Crippen LogP contribution in [0.2, 0.25) is 0 Å². The molecule has 5 rings (SSSR count). The van der Waals surface area contributed by atoms with Crippen molar-refractivity contribution in [3.8, 4) is 17.0 Å². The zero-order valence-electron chi connectivity index (χ0n) is 20.7. The fraction of sp³-hybridized carbons (Fsp3) is 0.414. The van der Waals surface area contributed by atoms with Gasteiger partial charge in [0.1, 0.15) is 17.7 Å². The number of aromatic nitrogens is 1. The molecule has 1 N–H and O–H groups in total. The Morgan fingerprint density at radius 2 is 1.81 bits per heavy atom. The molecule has 1 unspecified atom stereocenters. The quantitative estimate of drug-likeness (QED) is 0.370. The molecule has 8 heteroatoms. The fourth-order valence-electron chi connectivity index (χ4n) is 5.45. The van der Waals surface area contributed by atoms with E-state index < -0.39 is 17.6 Å². The number of hydrogen-bond acceptors (Lipinski definition) is 2. The number of amides is 1. The summed E-state index contributed by atoms with van der Waals surface area (Å²) >= 11 is 0. The molecule has 0 bridgehead atoms. The van der Waals surface area contributed by atoms with Gasteiger partial charge in [0, 0.05) is 17.3 Å². The van der Waals surface area contributed by atoms with Crippen LogP contribution < -0.4 is 10.1 Å². The highest BCUT2D eigenvalue weighted by Gasteiger charge is 2.32. The smallest absolute Gasteiger partial charge is 0.416 e. The van der Waals surface area contributed by atoms with Gasteiger partial charge < -0.3 is 14.6 Å². The fourth-order valence-corrected chi connectivity index (χ4v) is 5.45. The summed E-state index contributed by atoms with van der Waals surface area (Å²) in [5.41, 5.74) is 1.12. The van der Waals surface area contributed by atoms with E-state index in [1.165, 1.54) is 6.07 Å². The molecule has 1 amide bonds. The third-order valence-electron chi connectivity index (χ3n) is 7.51. The Kier molecular flexibility index (Phi) is 7.01. The van der Waals surface area contributed by atoms with Gasteiger partial charge >= 0.3 is 6.18 Å². The number of halogens is 4. The van der Waals surface area contributed by atoms with Crippen LogP contribution in [0.15, 0.2) is 48.5 Å². The summed E-state index contributed by atoms with van der Waals surface area (Å²) in [6, 6.07) is 11.7. The molecule has 1 aliphatic carbocycles. The van der Waals surface area contributed by atoms with Crippen molar-refractivity contribution >= 4 is 5.91 Å². The minimum Gasteiger partial charge on any atom is -0.488 e. The Morgan fingerprint density at radius 3 is 2.57 bits per heavy atom. The van der Waals surface area contributed by atoms with Gasteiger partial charge in [0.2, 0.25) is 0 Å². The van der Waals surface area contributed by atoms with Crippen molar-refractivity contribution in [3.63, 3.8) is 0 Å². The second kappa shape index (κ2) is 10.2. The maximum Gasteiger partial charge on any atom is 0.416 e. The number of hydrogen-bond donors (Lipinski definition) is 1. The van der Waals surface area contributed by atoms with Crippen LogP contribution in [0, 0.1) is 12.7 Å². The van der Waals surface area contributed by atoms with Gasteiger partial charge in [-0.15, -0.1) is 0 Å². The van der Waals surface area contributed by atoms with E-state index in [0.29, 0.717) is 17.7 Å². The Balaban J connectivity index is 1.52. The first kappa shape index (κ1) is 25.4. The summed E-state index contributed by atoms with van der Waals surface area (Å²) in [4.78, 5) is 13.3. The van der Waals surface area contributed by atoms with Gasteiger partial charge in [0.15, 0.2) is 0 Å². The summed E-state index contributed by atoms with van der Waals surface area (Å²) in [5.74, 6) is -0.293. The van der Waals surface area contributed by atoms with Gasteiger partial charge in [-0.05, 0) is 68.5 Å². The molecule has 1 fully saturated rings. The highest BCUT2D eigenvalue weighted by molar-refractivity contribution is 5.97. The van der Waals surface area contributed by atoms with E-state index in [9.17, 15) is 18.0 Å². The molecule has 2 aromatic carbocycles. The summed E-state index contributed by atoms with van der Waals surface area (Å²) in [7, 11) is 0. The summed E-state index contributed by atoms with van der Waals surface area (Å²) in [5, 5.41) is 3.08. The minimum absolute atomic E-state index is 0.0657. The number of benzene rings is 2. The molecule has 196 valence electrons. The molecule has 3 aromatic rings. The summed E-state index contributed by atoms with van der Waals surface area (Å²) < 4.78 is 63.4. The molecule has 0 spiro atoms. The van der Waals surface area contributed by atoms with Crippen LogP contribution >= 0.6 is 0 Å². The molecule has 4 nitrogen and oxygen atoms in total. The minimum atomic E-state index is -4.62. The first-order valence-electron chi connectivity index (χ1n) is 12.8. The van der Waals surface area contributed by atoms with E-state index in [4.69, 9.17) is 4.74 Å². The maximum absolute atomic E-state index is 15.0. The van der Waals surface area contributed by atoms with Gasteiger partial charge in [-0.25, -0.2) is 4.39 Å². The second-order valence-electron chi connectivity index (χ2n) is 10.0. The van der Waals surface area contributed by atoms with Crippen molar-refractivity contribution in [2.24, 2.45) is 0 Å². The lowest BCUT2D eigenvalue weighted by atomic mass is 9.95. The summed E-state index contributed by atoms with van der Waals surface area (Å²) in [6.07, 6.45) is 1.64. The molecule has 1 atom stereocenters. The van der Waals surface area contributed by atoms with Gasteiger partial charge in [-0.3, -0.25) is 4.79 Å². The molecule has 2 aliphatic rings. The SMILES string of the molecule is Cc1c(C(=O)NC2CCCCC2)cc(-c2cc(C(F)(F)F)ccc2F)n1CC1CCc2ccccc2O1. The maximum atomic E-state index is 15.0. The van der Waals surface area contributed by atoms with Crippen molar-refractivity contribution < 1.29 is 27.1 Å². The van der Waals surface area contributed by atoms with Crippen molar-refractivity contribution in [2.45, 2.75) is 76.7 Å². The third-order valence-corrected chi connectivity index (χ3v) is 7.51. The van der Waals surface area contributed by atoms with Gasteiger partial charge in [0.25, 0.3) is 5.91 Å². The first-order chi connectivity index (χ1) is 17.7. The largest absolute Gasteiger partial charge is 0.488 e. The Hall–Kier alpha value is -3.29. The highest BCUT2D eigenvalue weighted by atomic mass is 19.4. The topological polar surface area (TPSA) is 43.3 Å². The number of aryl methyl sites for hydroxylation is 1. The lowest BCUT2D eigenvalue weighted by Gasteiger charge is -2.28. The second-order valence-corrected chi connectivity index (χ2v) is 10.0. The van der Waals surface area contributed by atoms with Gasteiger partial charge in [0.05, 0.1) is 23.4 Å². The summed E-state index contributed by atoms with van der Waals surface area (Å²) in [6.45, 7) is 2.03. The zero-order valence-corrected chi connectivity index (χ0v) is 20.7. The molecule has 1 aliphatic heterocycles. The molecule has 2 heterocycles. The number of nitrogens with zero attached hydrogens (tertiary/aromatic N) is 1. The van der Waals surface area contributed by atoms with Crippen LogP contribution in [0.4, 0.5) is 17.6 Å². The zero-order chi connectivity index (χ0) is 26.2. The van der Waals surface area contributed by atoms with Crippen LogP contribution in [-0.4, -0.2) is 22.6 Å². The number of carbonyl (C=O) groups excluding carboxylic acids is 1. The third kappa shape index (κ3) is 5.38. The van der Waals surface area contributed by atoms with Crippen LogP contribution in [0.1, 0.15) is 65.7 Å². The predicted octanol–water partition coefficient (Wildman–Crippen LogP) is 7.08. The average molecular weight is 515 g/mol. The molecule has 0 radical (unpaired) electrons. The van der Waals surface area contributed by atoms with Crippen LogP contribution in [-0.2, 0) is 19.1 Å². The van der Waals surface area contributed by atoms with Crippen molar-refractivity contribution in [1.29, 1.82) is 0 Å². The van der Waals surface area contributed by atoms with E-state index in [1.54, 1.807) is 11.5 Å². The number of rotatable bonds is 5. The van der Waals surface area contributed by atoms with Gasteiger partial charge in [-0.1, -0.05) is 37.5 Å². The van der Waals surface area contributed by atoms with Crippen LogP contribution in [0.3, 0.4) is 0 Å². The Bertz CT molecular complexity index is 1290. The lowest BCUT2D eigenvalue weighted by molar-refractivity contribution is -0.137. The lowest BCUT2D eigenvalue weighted by Crippen LogP contribution is -2.36. The van der Waals surface area contributed by atoms with Crippen molar-refractivity contribution in [3.05, 3.63) is 76.7 Å². The van der Waals surface area contributed by atoms with Crippen molar-refractivity contribution in [1.82, 2.24) is 9.88 Å². The van der Waals surface area contributed by atoms with Crippen molar-refractivity contribution in [2.75, 3.05) is 0 Å². The van der Waals surface area contributed by atoms with Crippen LogP contribution in [0.25, 0.3) is 11.3 Å². The molecule has 0 saturated heterocycles. The highest BCUT2D eigenvalue weighted by Crippen LogP contribution is 2.36. The number of para-hydroxylation sites is 1. The van der Waals surface area contributed by atoms with Gasteiger partial charge in [-0.2, -0.15) is 13.2 Å². The first-order valence-corrected chi connectivity index (χ1v) is 12.8. The molecular formula is C29H30F4N2O2. The number of nitrogens with one attached hydrogen (secondary N) is 1. The molecule has 1 saturated carbocycles. The number of carbonyl (C=O) groups is 1. The van der Waals surface area contributed by atoms with Crippen LogP contribution in [0.5, 0.6) is 5.75 Å². The molecular weight excluding hydrogens is 484 g/mol. The van der Waals surface area contributed by atoms with E-state index in [2.05, 4.69) is 5.32 Å². The Labute approximate surface area is 213 Å². The monoisotopic (exact) mass is 514 g/mol. The molecule has 1 aromatic heterocycles. The van der Waals surface area contributed by atoms with E-state index in [0.717, 1.165) is 68.0 Å². The predicted molar refractivity (Wildman–Crippen MR) is 133 cm³/mol. The number of alkyl halides is 3. The van der Waals surface area contributed by atoms with E-state index >= 15 is 4.39 Å². The van der Waals surface area contributed by atoms with E-state index in [1.807, 2.05) is 24.3 Å². The average Bonchev–Trinajstić information content (AvgIpc) is 3.20. The molecule has 37 heavy (non-hydrogen) atoms.